The van der Waals surface area contributed by atoms with Gasteiger partial charge in [-0.3, -0.25) is 14.7 Å². The third-order valence-corrected chi connectivity index (χ3v) is 6.03. The van der Waals surface area contributed by atoms with Crippen molar-refractivity contribution in [1.29, 1.82) is 0 Å². The third kappa shape index (κ3) is 3.95. The van der Waals surface area contributed by atoms with Crippen LogP contribution in [0, 0.1) is 6.92 Å². The van der Waals surface area contributed by atoms with Gasteiger partial charge in [-0.1, -0.05) is 6.07 Å². The van der Waals surface area contributed by atoms with Crippen LogP contribution in [0.5, 0.6) is 11.5 Å². The number of aryl methyl sites for hydroxylation is 1. The maximum Gasteiger partial charge on any atom is 0.282 e. The van der Waals surface area contributed by atoms with Crippen molar-refractivity contribution >= 4 is 16.9 Å². The van der Waals surface area contributed by atoms with E-state index in [9.17, 15) is 4.79 Å². The smallest absolute Gasteiger partial charge is 0.282 e. The minimum atomic E-state index is -0.304. The third-order valence-electron chi connectivity index (χ3n) is 6.03. The van der Waals surface area contributed by atoms with Crippen molar-refractivity contribution in [3.05, 3.63) is 51.6 Å². The van der Waals surface area contributed by atoms with Gasteiger partial charge < -0.3 is 19.4 Å². The largest absolute Gasteiger partial charge is 0.493 e. The van der Waals surface area contributed by atoms with Crippen molar-refractivity contribution in [2.24, 2.45) is 0 Å². The number of hydrogen-bond acceptors (Lipinski definition) is 7. The molecule has 1 fully saturated rings. The van der Waals surface area contributed by atoms with E-state index in [2.05, 4.69) is 27.9 Å². The maximum atomic E-state index is 12.8. The summed E-state index contributed by atoms with van der Waals surface area (Å²) in [7, 11) is 5.03. The molecule has 1 aliphatic rings. The molecule has 0 spiro atoms. The van der Waals surface area contributed by atoms with Gasteiger partial charge in [-0.05, 0) is 32.4 Å². The lowest BCUT2D eigenvalue weighted by Crippen LogP contribution is -2.39. The van der Waals surface area contributed by atoms with E-state index in [1.807, 2.05) is 31.0 Å². The Labute approximate surface area is 181 Å². The molecule has 8 heteroatoms. The summed E-state index contributed by atoms with van der Waals surface area (Å²) in [6.45, 7) is 6.81. The van der Waals surface area contributed by atoms with Crippen LogP contribution in [-0.4, -0.2) is 54.2 Å². The SMILES string of the molecule is COc1cc2[nH]c(N(C)Cc3cccc(C(C)N4CCC4)n3)nc(=O)c2c(C)c1OC. The van der Waals surface area contributed by atoms with E-state index in [0.717, 1.165) is 24.5 Å². The van der Waals surface area contributed by atoms with E-state index >= 15 is 0 Å². The zero-order valence-electron chi connectivity index (χ0n) is 18.7. The fourth-order valence-corrected chi connectivity index (χ4v) is 4.08. The summed E-state index contributed by atoms with van der Waals surface area (Å²) in [6, 6.07) is 8.20. The summed E-state index contributed by atoms with van der Waals surface area (Å²) in [6.07, 6.45) is 1.25. The molecule has 1 atom stereocenters. The van der Waals surface area contributed by atoms with Gasteiger partial charge in [0.2, 0.25) is 5.95 Å². The fourth-order valence-electron chi connectivity index (χ4n) is 4.08. The number of hydrogen-bond donors (Lipinski definition) is 1. The molecule has 4 rings (SSSR count). The van der Waals surface area contributed by atoms with Crippen molar-refractivity contribution in [2.45, 2.75) is 32.9 Å². The number of H-pyrrole nitrogens is 1. The molecular formula is C23H29N5O3. The summed E-state index contributed by atoms with van der Waals surface area (Å²) >= 11 is 0. The van der Waals surface area contributed by atoms with Gasteiger partial charge in [-0.25, -0.2) is 0 Å². The zero-order chi connectivity index (χ0) is 22.1. The standard InChI is InChI=1S/C23H29N5O3/c1-14-20-18(12-19(30-4)21(14)31-5)25-23(26-22(20)29)27(3)13-16-8-6-9-17(24-16)15(2)28-10-7-11-28/h6,8-9,12,15H,7,10-11,13H2,1-5H3,(H,25,26,29). The molecule has 0 aliphatic carbocycles. The van der Waals surface area contributed by atoms with Crippen LogP contribution in [0.1, 0.15) is 36.3 Å². The van der Waals surface area contributed by atoms with Crippen molar-refractivity contribution < 1.29 is 9.47 Å². The minimum absolute atomic E-state index is 0.304. The van der Waals surface area contributed by atoms with E-state index in [1.54, 1.807) is 20.3 Å². The maximum absolute atomic E-state index is 12.8. The van der Waals surface area contributed by atoms with Crippen LogP contribution in [0.2, 0.25) is 0 Å². The van der Waals surface area contributed by atoms with Crippen LogP contribution in [0.25, 0.3) is 10.9 Å². The van der Waals surface area contributed by atoms with Crippen molar-refractivity contribution in [2.75, 3.05) is 39.3 Å². The molecule has 0 radical (unpaired) electrons. The number of nitrogens with zero attached hydrogens (tertiary/aromatic N) is 4. The number of aromatic amines is 1. The van der Waals surface area contributed by atoms with E-state index in [0.29, 0.717) is 46.5 Å². The van der Waals surface area contributed by atoms with E-state index in [-0.39, 0.29) is 5.56 Å². The highest BCUT2D eigenvalue weighted by atomic mass is 16.5. The molecule has 1 aliphatic heterocycles. The number of ether oxygens (including phenoxy) is 2. The Morgan fingerprint density at radius 2 is 2.00 bits per heavy atom. The number of aromatic nitrogens is 3. The molecule has 3 heterocycles. The number of rotatable bonds is 7. The first-order valence-electron chi connectivity index (χ1n) is 10.5. The van der Waals surface area contributed by atoms with Crippen LogP contribution < -0.4 is 19.9 Å². The Morgan fingerprint density at radius 3 is 2.65 bits per heavy atom. The lowest BCUT2D eigenvalue weighted by molar-refractivity contribution is 0.126. The van der Waals surface area contributed by atoms with Crippen LogP contribution >= 0.6 is 0 Å². The Balaban J connectivity index is 1.64. The number of nitrogens with one attached hydrogen (secondary N) is 1. The van der Waals surface area contributed by atoms with Gasteiger partial charge in [0.25, 0.3) is 5.56 Å². The van der Waals surface area contributed by atoms with Crippen molar-refractivity contribution in [1.82, 2.24) is 19.9 Å². The molecule has 31 heavy (non-hydrogen) atoms. The predicted octanol–water partition coefficient (Wildman–Crippen LogP) is 3.05. The number of benzene rings is 1. The number of anilines is 1. The highest BCUT2D eigenvalue weighted by molar-refractivity contribution is 5.86. The first kappa shape index (κ1) is 21.1. The normalized spacial score (nSPS) is 14.9. The molecule has 0 amide bonds. The number of methoxy groups -OCH3 is 2. The Hall–Kier alpha value is -3.13. The highest BCUT2D eigenvalue weighted by Crippen LogP contribution is 2.35. The first-order valence-corrected chi connectivity index (χ1v) is 10.5. The van der Waals surface area contributed by atoms with Gasteiger partial charge in [0.1, 0.15) is 0 Å². The summed E-state index contributed by atoms with van der Waals surface area (Å²) in [4.78, 5) is 29.5. The molecule has 0 saturated carbocycles. The number of likely N-dealkylation sites (tertiary alicyclic amines) is 1. The molecule has 164 valence electrons. The molecule has 1 unspecified atom stereocenters. The Kier molecular flexibility index (Phi) is 5.82. The second-order valence-corrected chi connectivity index (χ2v) is 8.00. The van der Waals surface area contributed by atoms with Gasteiger partial charge >= 0.3 is 0 Å². The molecule has 1 N–H and O–H groups in total. The highest BCUT2D eigenvalue weighted by Gasteiger charge is 2.23. The topological polar surface area (TPSA) is 83.6 Å². The van der Waals surface area contributed by atoms with E-state index in [1.165, 1.54) is 6.42 Å². The second-order valence-electron chi connectivity index (χ2n) is 8.00. The van der Waals surface area contributed by atoms with Gasteiger partial charge in [0.05, 0.1) is 43.1 Å². The quantitative estimate of drug-likeness (QED) is 0.625. The van der Waals surface area contributed by atoms with Gasteiger partial charge in [0, 0.05) is 37.8 Å². The molecule has 2 aromatic heterocycles. The summed E-state index contributed by atoms with van der Waals surface area (Å²) in [5.74, 6) is 1.59. The molecule has 0 bridgehead atoms. The van der Waals surface area contributed by atoms with Crippen LogP contribution in [0.3, 0.4) is 0 Å². The number of fused-ring (bicyclic) bond motifs is 1. The van der Waals surface area contributed by atoms with E-state index < -0.39 is 0 Å². The molecule has 1 saturated heterocycles. The summed E-state index contributed by atoms with van der Waals surface area (Å²) in [5.41, 5.74) is 3.05. The van der Waals surface area contributed by atoms with Crippen molar-refractivity contribution in [3.63, 3.8) is 0 Å². The zero-order valence-corrected chi connectivity index (χ0v) is 18.7. The van der Waals surface area contributed by atoms with Gasteiger partial charge in [-0.15, -0.1) is 0 Å². The van der Waals surface area contributed by atoms with Crippen LogP contribution in [-0.2, 0) is 6.54 Å². The molecule has 3 aromatic rings. The monoisotopic (exact) mass is 423 g/mol. The Bertz CT molecular complexity index is 1160. The van der Waals surface area contributed by atoms with Crippen LogP contribution in [0.4, 0.5) is 5.95 Å². The Morgan fingerprint density at radius 1 is 1.23 bits per heavy atom. The molecular weight excluding hydrogens is 394 g/mol. The van der Waals surface area contributed by atoms with Gasteiger partial charge in [-0.2, -0.15) is 4.98 Å². The predicted molar refractivity (Wildman–Crippen MR) is 121 cm³/mol. The van der Waals surface area contributed by atoms with Crippen molar-refractivity contribution in [3.8, 4) is 11.5 Å². The lowest BCUT2D eigenvalue weighted by Gasteiger charge is -2.36. The first-order chi connectivity index (χ1) is 14.9. The summed E-state index contributed by atoms with van der Waals surface area (Å²) < 4.78 is 10.9. The fraction of sp³-hybridized carbons (Fsp3) is 0.435. The average molecular weight is 424 g/mol. The average Bonchev–Trinajstić information content (AvgIpc) is 2.71. The van der Waals surface area contributed by atoms with Crippen LogP contribution in [0.15, 0.2) is 29.1 Å². The second kappa shape index (κ2) is 8.55. The minimum Gasteiger partial charge on any atom is -0.493 e. The number of pyridine rings is 1. The molecule has 8 nitrogen and oxygen atoms in total. The summed E-state index contributed by atoms with van der Waals surface area (Å²) in [5, 5.41) is 0.498. The molecule has 1 aromatic carbocycles. The lowest BCUT2D eigenvalue weighted by atomic mass is 10.1. The van der Waals surface area contributed by atoms with E-state index in [4.69, 9.17) is 14.5 Å². The van der Waals surface area contributed by atoms with Gasteiger partial charge in [0.15, 0.2) is 11.5 Å².